The summed E-state index contributed by atoms with van der Waals surface area (Å²) in [6, 6.07) is 7.93. The van der Waals surface area contributed by atoms with Gasteiger partial charge in [-0.2, -0.15) is 5.10 Å². The SMILES string of the molecule is CC(O)c1cc(-c2cccc(F)c2)c2c(N)ncnn12. The topological polar surface area (TPSA) is 76.4 Å². The number of benzene rings is 1. The summed E-state index contributed by atoms with van der Waals surface area (Å²) in [6.07, 6.45) is 0.600. The summed E-state index contributed by atoms with van der Waals surface area (Å²) in [5.41, 5.74) is 8.40. The van der Waals surface area contributed by atoms with Gasteiger partial charge in [0.1, 0.15) is 17.7 Å². The summed E-state index contributed by atoms with van der Waals surface area (Å²) < 4.78 is 14.9. The summed E-state index contributed by atoms with van der Waals surface area (Å²) in [5.74, 6) is -0.0537. The van der Waals surface area contributed by atoms with Crippen LogP contribution in [0.3, 0.4) is 0 Å². The highest BCUT2D eigenvalue weighted by atomic mass is 19.1. The molecule has 5 nitrogen and oxygen atoms in total. The number of aliphatic hydroxyl groups is 1. The Hall–Kier alpha value is -2.47. The zero-order chi connectivity index (χ0) is 14.3. The lowest BCUT2D eigenvalue weighted by atomic mass is 10.1. The van der Waals surface area contributed by atoms with Crippen molar-refractivity contribution < 1.29 is 9.50 Å². The summed E-state index contributed by atoms with van der Waals surface area (Å²) in [6.45, 7) is 1.63. The molecule has 2 heterocycles. The standard InChI is InChI=1S/C14H13FN4O/c1-8(20)12-6-11(9-3-2-4-10(15)5-9)13-14(16)17-7-18-19(12)13/h2-8,20H,1H3,(H2,16,17,18). The van der Waals surface area contributed by atoms with E-state index in [0.29, 0.717) is 22.3 Å². The number of hydrogen-bond donors (Lipinski definition) is 2. The van der Waals surface area contributed by atoms with Gasteiger partial charge in [-0.1, -0.05) is 12.1 Å². The molecular weight excluding hydrogens is 259 g/mol. The van der Waals surface area contributed by atoms with Gasteiger partial charge in [0, 0.05) is 5.56 Å². The van der Waals surface area contributed by atoms with Crippen LogP contribution >= 0.6 is 0 Å². The van der Waals surface area contributed by atoms with Gasteiger partial charge in [-0.25, -0.2) is 13.9 Å². The zero-order valence-corrected chi connectivity index (χ0v) is 10.8. The summed E-state index contributed by atoms with van der Waals surface area (Å²) >= 11 is 0. The Balaban J connectivity index is 2.36. The molecule has 1 unspecified atom stereocenters. The van der Waals surface area contributed by atoms with Crippen molar-refractivity contribution >= 4 is 11.3 Å². The Labute approximate surface area is 114 Å². The van der Waals surface area contributed by atoms with Crippen LogP contribution in [0.15, 0.2) is 36.7 Å². The number of halogens is 1. The molecule has 0 aliphatic heterocycles. The number of rotatable bonds is 2. The van der Waals surface area contributed by atoms with Crippen molar-refractivity contribution in [1.29, 1.82) is 0 Å². The van der Waals surface area contributed by atoms with Crippen LogP contribution in [-0.2, 0) is 0 Å². The number of anilines is 1. The lowest BCUT2D eigenvalue weighted by molar-refractivity contribution is 0.192. The second-order valence-corrected chi connectivity index (χ2v) is 4.57. The first-order valence-electron chi connectivity index (χ1n) is 6.14. The van der Waals surface area contributed by atoms with Crippen LogP contribution in [0.4, 0.5) is 10.2 Å². The predicted molar refractivity (Wildman–Crippen MR) is 73.4 cm³/mol. The first-order valence-corrected chi connectivity index (χ1v) is 6.14. The highest BCUT2D eigenvalue weighted by Gasteiger charge is 2.17. The number of nitrogen functional groups attached to an aromatic ring is 1. The van der Waals surface area contributed by atoms with Crippen molar-refractivity contribution in [3.63, 3.8) is 0 Å². The van der Waals surface area contributed by atoms with E-state index in [4.69, 9.17) is 5.73 Å². The van der Waals surface area contributed by atoms with Crippen molar-refractivity contribution in [3.05, 3.63) is 48.2 Å². The molecule has 3 N–H and O–H groups in total. The maximum Gasteiger partial charge on any atom is 0.151 e. The minimum atomic E-state index is -0.723. The van der Waals surface area contributed by atoms with E-state index in [9.17, 15) is 9.50 Å². The van der Waals surface area contributed by atoms with E-state index in [0.717, 1.165) is 0 Å². The van der Waals surface area contributed by atoms with Crippen LogP contribution in [0.25, 0.3) is 16.6 Å². The van der Waals surface area contributed by atoms with Gasteiger partial charge in [-0.05, 0) is 30.7 Å². The third-order valence-electron chi connectivity index (χ3n) is 3.17. The quantitative estimate of drug-likeness (QED) is 0.749. The van der Waals surface area contributed by atoms with Crippen molar-refractivity contribution in [2.45, 2.75) is 13.0 Å². The fourth-order valence-corrected chi connectivity index (χ4v) is 2.27. The largest absolute Gasteiger partial charge is 0.387 e. The van der Waals surface area contributed by atoms with E-state index < -0.39 is 6.10 Å². The molecule has 0 aliphatic carbocycles. The minimum Gasteiger partial charge on any atom is -0.387 e. The van der Waals surface area contributed by atoms with Crippen LogP contribution < -0.4 is 5.73 Å². The molecule has 102 valence electrons. The lowest BCUT2D eigenvalue weighted by Crippen LogP contribution is -2.04. The van der Waals surface area contributed by atoms with Gasteiger partial charge in [0.2, 0.25) is 0 Å². The van der Waals surface area contributed by atoms with E-state index in [2.05, 4.69) is 10.1 Å². The van der Waals surface area contributed by atoms with E-state index in [-0.39, 0.29) is 11.6 Å². The van der Waals surface area contributed by atoms with Gasteiger partial charge in [0.05, 0.1) is 11.8 Å². The van der Waals surface area contributed by atoms with Gasteiger partial charge in [0.25, 0.3) is 0 Å². The molecule has 0 fully saturated rings. The highest BCUT2D eigenvalue weighted by molar-refractivity contribution is 5.88. The fourth-order valence-electron chi connectivity index (χ4n) is 2.27. The van der Waals surface area contributed by atoms with E-state index >= 15 is 0 Å². The second-order valence-electron chi connectivity index (χ2n) is 4.57. The van der Waals surface area contributed by atoms with Crippen molar-refractivity contribution in [1.82, 2.24) is 14.6 Å². The number of nitrogens with two attached hydrogens (primary N) is 1. The molecule has 6 heteroatoms. The molecule has 0 radical (unpaired) electrons. The second kappa shape index (κ2) is 4.57. The molecule has 3 aromatic rings. The van der Waals surface area contributed by atoms with E-state index in [1.54, 1.807) is 25.1 Å². The molecule has 0 spiro atoms. The van der Waals surface area contributed by atoms with Crippen molar-refractivity contribution in [2.75, 3.05) is 5.73 Å². The molecule has 1 aromatic carbocycles. The van der Waals surface area contributed by atoms with Crippen molar-refractivity contribution in [2.24, 2.45) is 0 Å². The Morgan fingerprint density at radius 3 is 2.85 bits per heavy atom. The zero-order valence-electron chi connectivity index (χ0n) is 10.8. The van der Waals surface area contributed by atoms with Gasteiger partial charge in [-0.15, -0.1) is 0 Å². The summed E-state index contributed by atoms with van der Waals surface area (Å²) in [4.78, 5) is 3.96. The molecule has 0 amide bonds. The average molecular weight is 272 g/mol. The first kappa shape index (κ1) is 12.6. The smallest absolute Gasteiger partial charge is 0.151 e. The molecule has 0 aliphatic rings. The third-order valence-corrected chi connectivity index (χ3v) is 3.17. The van der Waals surface area contributed by atoms with Crippen LogP contribution in [0.2, 0.25) is 0 Å². The van der Waals surface area contributed by atoms with Gasteiger partial charge >= 0.3 is 0 Å². The van der Waals surface area contributed by atoms with Gasteiger partial charge in [-0.3, -0.25) is 0 Å². The van der Waals surface area contributed by atoms with Crippen LogP contribution in [0.1, 0.15) is 18.7 Å². The Morgan fingerprint density at radius 1 is 1.35 bits per heavy atom. The van der Waals surface area contributed by atoms with E-state index in [1.807, 2.05) is 0 Å². The molecular formula is C14H13FN4O. The summed E-state index contributed by atoms with van der Waals surface area (Å²) in [7, 11) is 0. The number of fused-ring (bicyclic) bond motifs is 1. The predicted octanol–water partition coefficient (Wildman–Crippen LogP) is 2.17. The fraction of sp³-hybridized carbons (Fsp3) is 0.143. The third kappa shape index (κ3) is 1.90. The number of aliphatic hydroxyl groups excluding tert-OH is 1. The normalized spacial score (nSPS) is 12.8. The van der Waals surface area contributed by atoms with Crippen LogP contribution in [0, 0.1) is 5.82 Å². The Morgan fingerprint density at radius 2 is 2.15 bits per heavy atom. The lowest BCUT2D eigenvalue weighted by Gasteiger charge is -2.04. The number of nitrogens with zero attached hydrogens (tertiary/aromatic N) is 3. The van der Waals surface area contributed by atoms with Crippen molar-refractivity contribution in [3.8, 4) is 11.1 Å². The molecule has 2 aromatic heterocycles. The summed E-state index contributed by atoms with van der Waals surface area (Å²) in [5, 5.41) is 13.9. The van der Waals surface area contributed by atoms with Gasteiger partial charge in [0.15, 0.2) is 5.82 Å². The highest BCUT2D eigenvalue weighted by Crippen LogP contribution is 2.32. The van der Waals surface area contributed by atoms with Crippen LogP contribution in [0.5, 0.6) is 0 Å². The maximum absolute atomic E-state index is 13.4. The molecule has 0 saturated carbocycles. The Kier molecular flexibility index (Phi) is 2.87. The molecule has 0 bridgehead atoms. The molecule has 0 saturated heterocycles. The van der Waals surface area contributed by atoms with E-state index in [1.165, 1.54) is 23.0 Å². The van der Waals surface area contributed by atoms with Crippen LogP contribution in [-0.4, -0.2) is 19.7 Å². The van der Waals surface area contributed by atoms with Gasteiger partial charge < -0.3 is 10.8 Å². The number of hydrogen-bond acceptors (Lipinski definition) is 4. The number of aromatic nitrogens is 3. The maximum atomic E-state index is 13.4. The Bertz CT molecular complexity index is 782. The first-order chi connectivity index (χ1) is 9.58. The molecule has 20 heavy (non-hydrogen) atoms. The molecule has 1 atom stereocenters. The molecule has 3 rings (SSSR count). The monoisotopic (exact) mass is 272 g/mol. The average Bonchev–Trinajstić information content (AvgIpc) is 2.80. The minimum absolute atomic E-state index is 0.283.